The normalized spacial score (nSPS) is 14.5. The molecule has 0 radical (unpaired) electrons. The summed E-state index contributed by atoms with van der Waals surface area (Å²) in [5.41, 5.74) is 5.51. The van der Waals surface area contributed by atoms with E-state index in [9.17, 15) is 5.11 Å². The van der Waals surface area contributed by atoms with Gasteiger partial charge in [-0.25, -0.2) is 0 Å². The zero-order valence-corrected chi connectivity index (χ0v) is 10.1. The molecule has 0 aliphatic heterocycles. The Kier molecular flexibility index (Phi) is 4.77. The topological polar surface area (TPSA) is 55.5 Å². The van der Waals surface area contributed by atoms with Crippen LogP contribution in [0.3, 0.4) is 0 Å². The van der Waals surface area contributed by atoms with Gasteiger partial charge in [-0.15, -0.1) is 0 Å². The highest BCUT2D eigenvalue weighted by Gasteiger charge is 2.29. The van der Waals surface area contributed by atoms with Crippen LogP contribution in [0, 0.1) is 0 Å². The lowest BCUT2D eigenvalue weighted by atomic mass is 9.89. The van der Waals surface area contributed by atoms with Crippen LogP contribution in [0.1, 0.15) is 32.3 Å². The van der Waals surface area contributed by atoms with E-state index >= 15 is 0 Å². The summed E-state index contributed by atoms with van der Waals surface area (Å²) in [6.07, 6.45) is 1.53. The Bertz CT molecular complexity index is 327. The van der Waals surface area contributed by atoms with Gasteiger partial charge in [0.1, 0.15) is 11.4 Å². The second-order valence-corrected chi connectivity index (χ2v) is 3.91. The summed E-state index contributed by atoms with van der Waals surface area (Å²) in [6.45, 7) is 4.76. The molecule has 3 N–H and O–H groups in total. The lowest BCUT2D eigenvalue weighted by Crippen LogP contribution is -2.35. The number of hydrogen-bond acceptors (Lipinski definition) is 3. The molecule has 90 valence electrons. The summed E-state index contributed by atoms with van der Waals surface area (Å²) in [4.78, 5) is 0. The van der Waals surface area contributed by atoms with Crippen LogP contribution in [0.5, 0.6) is 5.75 Å². The molecule has 16 heavy (non-hydrogen) atoms. The molecule has 0 spiro atoms. The van der Waals surface area contributed by atoms with Gasteiger partial charge in [-0.05, 0) is 19.4 Å². The van der Waals surface area contributed by atoms with Crippen molar-refractivity contribution in [2.24, 2.45) is 5.73 Å². The molecule has 0 saturated carbocycles. The zero-order chi connectivity index (χ0) is 12.0. The predicted octanol–water partition coefficient (Wildman–Crippen LogP) is 2.03. The zero-order valence-electron chi connectivity index (χ0n) is 10.1. The van der Waals surface area contributed by atoms with Gasteiger partial charge in [0.2, 0.25) is 0 Å². The lowest BCUT2D eigenvalue weighted by molar-refractivity contribution is 0.0331. The van der Waals surface area contributed by atoms with Crippen molar-refractivity contribution < 1.29 is 9.84 Å². The minimum Gasteiger partial charge on any atom is -0.493 e. The first-order valence-corrected chi connectivity index (χ1v) is 5.82. The maximum Gasteiger partial charge on any atom is 0.125 e. The number of rotatable bonds is 6. The van der Waals surface area contributed by atoms with E-state index in [1.807, 2.05) is 38.1 Å². The van der Waals surface area contributed by atoms with E-state index in [-0.39, 0.29) is 6.54 Å². The SMILES string of the molecule is CCCC(O)(CN)c1ccccc1OCC. The maximum absolute atomic E-state index is 10.5. The lowest BCUT2D eigenvalue weighted by Gasteiger charge is -2.28. The van der Waals surface area contributed by atoms with Crippen molar-refractivity contribution in [1.29, 1.82) is 0 Å². The fraction of sp³-hybridized carbons (Fsp3) is 0.538. The van der Waals surface area contributed by atoms with Crippen LogP contribution in [0.25, 0.3) is 0 Å². The average molecular weight is 223 g/mol. The molecule has 1 unspecified atom stereocenters. The molecule has 0 fully saturated rings. The third-order valence-corrected chi connectivity index (χ3v) is 2.69. The molecule has 0 aliphatic rings. The monoisotopic (exact) mass is 223 g/mol. The van der Waals surface area contributed by atoms with Gasteiger partial charge >= 0.3 is 0 Å². The van der Waals surface area contributed by atoms with Crippen LogP contribution in [0.4, 0.5) is 0 Å². The summed E-state index contributed by atoms with van der Waals surface area (Å²) < 4.78 is 5.52. The molecule has 3 heteroatoms. The van der Waals surface area contributed by atoms with E-state index in [2.05, 4.69) is 0 Å². The van der Waals surface area contributed by atoms with E-state index in [4.69, 9.17) is 10.5 Å². The Hall–Kier alpha value is -1.06. The van der Waals surface area contributed by atoms with E-state index in [0.29, 0.717) is 13.0 Å². The van der Waals surface area contributed by atoms with Gasteiger partial charge in [-0.1, -0.05) is 31.5 Å². The fourth-order valence-electron chi connectivity index (χ4n) is 1.89. The van der Waals surface area contributed by atoms with Gasteiger partial charge in [-0.2, -0.15) is 0 Å². The van der Waals surface area contributed by atoms with Crippen molar-refractivity contribution in [3.05, 3.63) is 29.8 Å². The number of para-hydroxylation sites is 1. The molecule has 0 bridgehead atoms. The van der Waals surface area contributed by atoms with Crippen LogP contribution < -0.4 is 10.5 Å². The summed E-state index contributed by atoms with van der Waals surface area (Å²) in [7, 11) is 0. The minimum atomic E-state index is -0.972. The van der Waals surface area contributed by atoms with Crippen LogP contribution in [-0.2, 0) is 5.60 Å². The summed E-state index contributed by atoms with van der Waals surface area (Å²) in [6, 6.07) is 7.55. The predicted molar refractivity (Wildman–Crippen MR) is 65.5 cm³/mol. The van der Waals surface area contributed by atoms with Crippen molar-refractivity contribution in [2.75, 3.05) is 13.2 Å². The first-order valence-electron chi connectivity index (χ1n) is 5.82. The number of nitrogens with two attached hydrogens (primary N) is 1. The third-order valence-electron chi connectivity index (χ3n) is 2.69. The Balaban J connectivity index is 3.08. The molecule has 0 aromatic heterocycles. The van der Waals surface area contributed by atoms with E-state index < -0.39 is 5.60 Å². The van der Waals surface area contributed by atoms with Crippen LogP contribution in [-0.4, -0.2) is 18.3 Å². The largest absolute Gasteiger partial charge is 0.493 e. The number of ether oxygens (including phenoxy) is 1. The highest BCUT2D eigenvalue weighted by Crippen LogP contribution is 2.32. The number of benzene rings is 1. The Morgan fingerprint density at radius 2 is 2.00 bits per heavy atom. The minimum absolute atomic E-state index is 0.213. The second-order valence-electron chi connectivity index (χ2n) is 3.91. The van der Waals surface area contributed by atoms with Crippen LogP contribution in [0.2, 0.25) is 0 Å². The summed E-state index contributed by atoms with van der Waals surface area (Å²) in [5, 5.41) is 10.5. The van der Waals surface area contributed by atoms with Crippen molar-refractivity contribution in [3.8, 4) is 5.75 Å². The summed E-state index contributed by atoms with van der Waals surface area (Å²) >= 11 is 0. The molecule has 1 aromatic rings. The molecule has 1 rings (SSSR count). The molecule has 1 aromatic carbocycles. The van der Waals surface area contributed by atoms with Crippen LogP contribution in [0.15, 0.2) is 24.3 Å². The van der Waals surface area contributed by atoms with Gasteiger partial charge in [0.05, 0.1) is 6.61 Å². The highest BCUT2D eigenvalue weighted by molar-refractivity contribution is 5.38. The average Bonchev–Trinajstić information content (AvgIpc) is 2.30. The first kappa shape index (κ1) is 13.0. The Morgan fingerprint density at radius 1 is 1.31 bits per heavy atom. The third kappa shape index (κ3) is 2.74. The number of aliphatic hydroxyl groups is 1. The molecule has 0 saturated heterocycles. The maximum atomic E-state index is 10.5. The van der Waals surface area contributed by atoms with Crippen molar-refractivity contribution in [1.82, 2.24) is 0 Å². The molecular formula is C13H21NO2. The van der Waals surface area contributed by atoms with E-state index in [0.717, 1.165) is 17.7 Å². The van der Waals surface area contributed by atoms with Gasteiger partial charge in [-0.3, -0.25) is 0 Å². The molecule has 0 heterocycles. The second kappa shape index (κ2) is 5.87. The van der Waals surface area contributed by atoms with E-state index in [1.54, 1.807) is 0 Å². The fourth-order valence-corrected chi connectivity index (χ4v) is 1.89. The quantitative estimate of drug-likeness (QED) is 0.776. The van der Waals surface area contributed by atoms with Crippen molar-refractivity contribution in [3.63, 3.8) is 0 Å². The van der Waals surface area contributed by atoms with E-state index in [1.165, 1.54) is 0 Å². The first-order chi connectivity index (χ1) is 7.68. The van der Waals surface area contributed by atoms with Crippen molar-refractivity contribution >= 4 is 0 Å². The Morgan fingerprint density at radius 3 is 2.56 bits per heavy atom. The molecule has 3 nitrogen and oxygen atoms in total. The van der Waals surface area contributed by atoms with Gasteiger partial charge in [0, 0.05) is 12.1 Å². The van der Waals surface area contributed by atoms with Crippen LogP contribution >= 0.6 is 0 Å². The standard InChI is InChI=1S/C13H21NO2/c1-3-9-13(15,10-14)11-7-5-6-8-12(11)16-4-2/h5-8,15H,3-4,9-10,14H2,1-2H3. The molecule has 0 aliphatic carbocycles. The van der Waals surface area contributed by atoms with Gasteiger partial charge in [0.15, 0.2) is 0 Å². The van der Waals surface area contributed by atoms with Gasteiger partial charge < -0.3 is 15.6 Å². The smallest absolute Gasteiger partial charge is 0.125 e. The molecule has 1 atom stereocenters. The Labute approximate surface area is 97.2 Å². The summed E-state index contributed by atoms with van der Waals surface area (Å²) in [5.74, 6) is 0.728. The molecule has 0 amide bonds. The van der Waals surface area contributed by atoms with Gasteiger partial charge in [0.25, 0.3) is 0 Å². The number of hydrogen-bond donors (Lipinski definition) is 2. The molecular weight excluding hydrogens is 202 g/mol. The van der Waals surface area contributed by atoms with Crippen molar-refractivity contribution in [2.45, 2.75) is 32.3 Å². The highest BCUT2D eigenvalue weighted by atomic mass is 16.5.